The molecule has 7 heteroatoms. The molecule has 2 aromatic rings. The zero-order valence-corrected chi connectivity index (χ0v) is 15.8. The molecule has 3 heterocycles. The molecule has 1 saturated heterocycles. The van der Waals surface area contributed by atoms with Crippen LogP contribution in [0.15, 0.2) is 6.07 Å². The van der Waals surface area contributed by atoms with E-state index in [4.69, 9.17) is 4.74 Å². The predicted molar refractivity (Wildman–Crippen MR) is 96.2 cm³/mol. The molecule has 3 atom stereocenters. The van der Waals surface area contributed by atoms with Gasteiger partial charge in [-0.1, -0.05) is 0 Å². The number of aliphatic hydroxyl groups excluding tert-OH is 1. The second-order valence-electron chi connectivity index (χ2n) is 7.70. The number of hydrogen-bond donors (Lipinski definition) is 1. The molecule has 140 valence electrons. The number of fused-ring (bicyclic) bond motifs is 2. The molecule has 4 rings (SSSR count). The van der Waals surface area contributed by atoms with E-state index in [9.17, 15) is 9.90 Å². The molecule has 26 heavy (non-hydrogen) atoms. The number of aromatic nitrogens is 3. The molecule has 0 bridgehead atoms. The summed E-state index contributed by atoms with van der Waals surface area (Å²) in [4.78, 5) is 19.9. The molecule has 0 radical (unpaired) electrons. The standard InChI is InChI=1S/C19H26N4O3/c1-11-9-12(2)23-17(20-11)16(13(3)21-23)18(25)22-8-7-19(26-4)6-5-14(24)10-15(19)22/h9,14-15,24H,5-8,10H2,1-4H3/t14-,15-,19+/m0/s1. The Morgan fingerprint density at radius 3 is 2.85 bits per heavy atom. The number of likely N-dealkylation sites (tertiary alicyclic amines) is 1. The van der Waals surface area contributed by atoms with Crippen LogP contribution in [-0.4, -0.2) is 61.9 Å². The summed E-state index contributed by atoms with van der Waals surface area (Å²) in [5.74, 6) is -0.0620. The van der Waals surface area contributed by atoms with Crippen LogP contribution in [-0.2, 0) is 4.74 Å². The summed E-state index contributed by atoms with van der Waals surface area (Å²) in [6.07, 6.45) is 2.48. The SMILES string of the molecule is CO[C@@]12CC[C@H](O)C[C@@H]1N(C(=O)c1c(C)nn3c(C)cc(C)nc13)CC2. The van der Waals surface area contributed by atoms with Crippen molar-refractivity contribution in [1.82, 2.24) is 19.5 Å². The van der Waals surface area contributed by atoms with Crippen molar-refractivity contribution in [2.75, 3.05) is 13.7 Å². The monoisotopic (exact) mass is 358 g/mol. The van der Waals surface area contributed by atoms with Crippen molar-refractivity contribution in [1.29, 1.82) is 0 Å². The lowest BCUT2D eigenvalue weighted by atomic mass is 9.79. The fraction of sp³-hybridized carbons (Fsp3) is 0.632. The van der Waals surface area contributed by atoms with Crippen molar-refractivity contribution >= 4 is 11.6 Å². The molecule has 2 aromatic heterocycles. The Kier molecular flexibility index (Phi) is 4.04. The van der Waals surface area contributed by atoms with E-state index in [1.165, 1.54) is 0 Å². The minimum Gasteiger partial charge on any atom is -0.393 e. The maximum absolute atomic E-state index is 13.5. The number of nitrogens with zero attached hydrogens (tertiary/aromatic N) is 4. The number of carbonyl (C=O) groups is 1. The average molecular weight is 358 g/mol. The van der Waals surface area contributed by atoms with Gasteiger partial charge in [0.25, 0.3) is 5.91 Å². The highest BCUT2D eigenvalue weighted by Gasteiger charge is 2.52. The zero-order chi connectivity index (χ0) is 18.6. The summed E-state index contributed by atoms with van der Waals surface area (Å²) in [6.45, 7) is 6.37. The van der Waals surface area contributed by atoms with Gasteiger partial charge in [-0.25, -0.2) is 9.50 Å². The minimum absolute atomic E-state index is 0.0620. The topological polar surface area (TPSA) is 80.0 Å². The third-order valence-electron chi connectivity index (χ3n) is 6.11. The van der Waals surface area contributed by atoms with E-state index >= 15 is 0 Å². The fourth-order valence-corrected chi connectivity index (χ4v) is 4.74. The van der Waals surface area contributed by atoms with Gasteiger partial charge in [-0.05, 0) is 52.5 Å². The Bertz CT molecular complexity index is 877. The van der Waals surface area contributed by atoms with Gasteiger partial charge < -0.3 is 14.7 Å². The lowest BCUT2D eigenvalue weighted by Crippen LogP contribution is -2.52. The molecule has 7 nitrogen and oxygen atoms in total. The van der Waals surface area contributed by atoms with Gasteiger partial charge in [-0.15, -0.1) is 0 Å². The number of carbonyl (C=O) groups excluding carboxylic acids is 1. The molecule has 1 amide bonds. The van der Waals surface area contributed by atoms with Crippen LogP contribution < -0.4 is 0 Å². The van der Waals surface area contributed by atoms with Crippen molar-refractivity contribution in [3.8, 4) is 0 Å². The highest BCUT2D eigenvalue weighted by atomic mass is 16.5. The number of ether oxygens (including phenoxy) is 1. The number of methoxy groups -OCH3 is 1. The molecule has 1 N–H and O–H groups in total. The Hall–Kier alpha value is -1.99. The number of rotatable bonds is 2. The van der Waals surface area contributed by atoms with Gasteiger partial charge >= 0.3 is 0 Å². The highest BCUT2D eigenvalue weighted by molar-refractivity contribution is 6.01. The third kappa shape index (κ3) is 2.45. The van der Waals surface area contributed by atoms with Crippen molar-refractivity contribution in [3.63, 3.8) is 0 Å². The fourth-order valence-electron chi connectivity index (χ4n) is 4.74. The largest absolute Gasteiger partial charge is 0.393 e. The molecule has 0 unspecified atom stereocenters. The van der Waals surface area contributed by atoms with Gasteiger partial charge in [-0.3, -0.25) is 4.79 Å². The number of hydrogen-bond acceptors (Lipinski definition) is 5. The van der Waals surface area contributed by atoms with Gasteiger partial charge in [-0.2, -0.15) is 5.10 Å². The molecular weight excluding hydrogens is 332 g/mol. The van der Waals surface area contributed by atoms with Crippen LogP contribution >= 0.6 is 0 Å². The second-order valence-corrected chi connectivity index (χ2v) is 7.70. The Balaban J connectivity index is 1.77. The summed E-state index contributed by atoms with van der Waals surface area (Å²) in [5.41, 5.74) is 3.33. The molecule has 0 spiro atoms. The third-order valence-corrected chi connectivity index (χ3v) is 6.11. The summed E-state index contributed by atoms with van der Waals surface area (Å²) < 4.78 is 7.60. The normalized spacial score (nSPS) is 28.6. The number of amides is 1. The van der Waals surface area contributed by atoms with Crippen LogP contribution in [0, 0.1) is 20.8 Å². The van der Waals surface area contributed by atoms with Crippen LogP contribution in [0.5, 0.6) is 0 Å². The van der Waals surface area contributed by atoms with E-state index in [1.807, 2.05) is 31.7 Å². The molecular formula is C19H26N4O3. The molecule has 2 fully saturated rings. The van der Waals surface area contributed by atoms with E-state index in [0.717, 1.165) is 30.7 Å². The Labute approximate surface area is 153 Å². The smallest absolute Gasteiger partial charge is 0.259 e. The summed E-state index contributed by atoms with van der Waals surface area (Å²) in [6, 6.07) is 1.85. The maximum Gasteiger partial charge on any atom is 0.259 e. The first kappa shape index (κ1) is 17.4. The van der Waals surface area contributed by atoms with Crippen molar-refractivity contribution in [2.45, 2.75) is 64.2 Å². The first-order chi connectivity index (χ1) is 12.4. The van der Waals surface area contributed by atoms with Gasteiger partial charge in [0.15, 0.2) is 5.65 Å². The van der Waals surface area contributed by atoms with Gasteiger partial charge in [0.1, 0.15) is 5.56 Å². The highest BCUT2D eigenvalue weighted by Crippen LogP contribution is 2.43. The van der Waals surface area contributed by atoms with Crippen LogP contribution in [0.25, 0.3) is 5.65 Å². The van der Waals surface area contributed by atoms with Crippen molar-refractivity contribution in [3.05, 3.63) is 28.7 Å². The summed E-state index contributed by atoms with van der Waals surface area (Å²) >= 11 is 0. The number of aliphatic hydroxyl groups is 1. The lowest BCUT2D eigenvalue weighted by molar-refractivity contribution is -0.0824. The molecule has 1 saturated carbocycles. The first-order valence-electron chi connectivity index (χ1n) is 9.24. The minimum atomic E-state index is -0.385. The lowest BCUT2D eigenvalue weighted by Gasteiger charge is -2.42. The summed E-state index contributed by atoms with van der Waals surface area (Å²) in [7, 11) is 1.72. The van der Waals surface area contributed by atoms with E-state index in [0.29, 0.717) is 29.9 Å². The van der Waals surface area contributed by atoms with E-state index < -0.39 is 0 Å². The second kappa shape index (κ2) is 6.03. The Morgan fingerprint density at radius 2 is 2.12 bits per heavy atom. The van der Waals surface area contributed by atoms with Crippen LogP contribution in [0.1, 0.15) is 53.1 Å². The van der Waals surface area contributed by atoms with Crippen LogP contribution in [0.3, 0.4) is 0 Å². The molecule has 0 aromatic carbocycles. The van der Waals surface area contributed by atoms with Crippen molar-refractivity contribution in [2.24, 2.45) is 0 Å². The van der Waals surface area contributed by atoms with Crippen molar-refractivity contribution < 1.29 is 14.6 Å². The summed E-state index contributed by atoms with van der Waals surface area (Å²) in [5, 5.41) is 14.7. The van der Waals surface area contributed by atoms with E-state index in [1.54, 1.807) is 11.6 Å². The van der Waals surface area contributed by atoms with Crippen LogP contribution in [0.2, 0.25) is 0 Å². The zero-order valence-electron chi connectivity index (χ0n) is 15.8. The quantitative estimate of drug-likeness (QED) is 0.885. The van der Waals surface area contributed by atoms with Gasteiger partial charge in [0.05, 0.1) is 23.4 Å². The maximum atomic E-state index is 13.5. The molecule has 2 aliphatic rings. The van der Waals surface area contributed by atoms with Gasteiger partial charge in [0.2, 0.25) is 0 Å². The first-order valence-corrected chi connectivity index (χ1v) is 9.24. The predicted octanol–water partition coefficient (Wildman–Crippen LogP) is 1.80. The van der Waals surface area contributed by atoms with Crippen LogP contribution in [0.4, 0.5) is 0 Å². The molecule has 1 aliphatic heterocycles. The van der Waals surface area contributed by atoms with E-state index in [2.05, 4.69) is 10.1 Å². The number of aryl methyl sites for hydroxylation is 3. The van der Waals surface area contributed by atoms with E-state index in [-0.39, 0.29) is 23.7 Å². The van der Waals surface area contributed by atoms with Gasteiger partial charge in [0, 0.05) is 25.0 Å². The Morgan fingerprint density at radius 1 is 1.35 bits per heavy atom. The molecule has 1 aliphatic carbocycles. The average Bonchev–Trinajstić information content (AvgIpc) is 3.12.